The van der Waals surface area contributed by atoms with Crippen LogP contribution in [0.5, 0.6) is 5.75 Å². The summed E-state index contributed by atoms with van der Waals surface area (Å²) in [5.41, 5.74) is 3.55. The van der Waals surface area contributed by atoms with Crippen LogP contribution in [0.3, 0.4) is 0 Å². The molecule has 0 saturated carbocycles. The number of benzene rings is 3. The molecule has 0 unspecified atom stereocenters. The van der Waals surface area contributed by atoms with Gasteiger partial charge in [-0.1, -0.05) is 54.6 Å². The maximum absolute atomic E-state index is 12.3. The van der Waals surface area contributed by atoms with Gasteiger partial charge in [-0.15, -0.1) is 11.8 Å². The number of nitrogens with one attached hydrogen (secondary N) is 1. The van der Waals surface area contributed by atoms with Crippen LogP contribution in [0, 0.1) is 0 Å². The van der Waals surface area contributed by atoms with Crippen molar-refractivity contribution in [3.8, 4) is 16.9 Å². The minimum absolute atomic E-state index is 0.0156. The number of hydrogen-bond acceptors (Lipinski definition) is 4. The Morgan fingerprint density at radius 2 is 1.46 bits per heavy atom. The smallest absolute Gasteiger partial charge is 0.234 e. The van der Waals surface area contributed by atoms with Gasteiger partial charge in [0.15, 0.2) is 5.78 Å². The molecule has 28 heavy (non-hydrogen) atoms. The number of carbonyl (C=O) groups excluding carboxylic acids is 2. The van der Waals surface area contributed by atoms with Gasteiger partial charge in [0, 0.05) is 11.3 Å². The Kier molecular flexibility index (Phi) is 6.87. The highest BCUT2D eigenvalue weighted by Crippen LogP contribution is 2.20. The van der Waals surface area contributed by atoms with Crippen LogP contribution in [0.15, 0.2) is 78.9 Å². The molecule has 0 aromatic heterocycles. The molecule has 0 bridgehead atoms. The number of anilines is 1. The van der Waals surface area contributed by atoms with Crippen LogP contribution in [0.25, 0.3) is 11.1 Å². The lowest BCUT2D eigenvalue weighted by molar-refractivity contribution is -0.113. The van der Waals surface area contributed by atoms with Crippen molar-refractivity contribution in [3.05, 3.63) is 84.4 Å². The quantitative estimate of drug-likeness (QED) is 0.554. The molecular weight excluding hydrogens is 370 g/mol. The first-order chi connectivity index (χ1) is 13.7. The van der Waals surface area contributed by atoms with Crippen LogP contribution in [-0.4, -0.2) is 30.3 Å². The molecule has 3 rings (SSSR count). The third-order valence-corrected chi connectivity index (χ3v) is 5.09. The third kappa shape index (κ3) is 5.47. The van der Waals surface area contributed by atoms with Crippen LogP contribution >= 0.6 is 11.8 Å². The zero-order valence-corrected chi connectivity index (χ0v) is 16.4. The molecule has 0 spiro atoms. The third-order valence-electron chi connectivity index (χ3n) is 4.15. The SMILES string of the molecule is COc1ccc(NC(=O)CSCC(=O)c2ccc(-c3ccccc3)cc2)cc1. The number of amides is 1. The van der Waals surface area contributed by atoms with E-state index in [2.05, 4.69) is 5.32 Å². The molecule has 0 aliphatic carbocycles. The van der Waals surface area contributed by atoms with Crippen molar-refractivity contribution in [3.63, 3.8) is 0 Å². The lowest BCUT2D eigenvalue weighted by Crippen LogP contribution is -2.15. The Hall–Kier alpha value is -3.05. The zero-order chi connectivity index (χ0) is 19.8. The van der Waals surface area contributed by atoms with Crippen LogP contribution in [0.1, 0.15) is 10.4 Å². The highest BCUT2D eigenvalue weighted by molar-refractivity contribution is 8.00. The lowest BCUT2D eigenvalue weighted by Gasteiger charge is -2.07. The van der Waals surface area contributed by atoms with Crippen molar-refractivity contribution in [2.24, 2.45) is 0 Å². The van der Waals surface area contributed by atoms with E-state index >= 15 is 0 Å². The average Bonchev–Trinajstić information content (AvgIpc) is 2.75. The van der Waals surface area contributed by atoms with Crippen LogP contribution < -0.4 is 10.1 Å². The Bertz CT molecular complexity index is 922. The number of methoxy groups -OCH3 is 1. The van der Waals surface area contributed by atoms with E-state index in [1.54, 1.807) is 31.4 Å². The van der Waals surface area contributed by atoms with Gasteiger partial charge < -0.3 is 10.1 Å². The van der Waals surface area contributed by atoms with Crippen LogP contribution in [-0.2, 0) is 4.79 Å². The fourth-order valence-electron chi connectivity index (χ4n) is 2.67. The summed E-state index contributed by atoms with van der Waals surface area (Å²) in [6.07, 6.45) is 0. The summed E-state index contributed by atoms with van der Waals surface area (Å²) in [6, 6.07) is 24.7. The molecule has 0 aliphatic heterocycles. The van der Waals surface area contributed by atoms with Crippen LogP contribution in [0.4, 0.5) is 5.69 Å². The molecule has 1 N–H and O–H groups in total. The van der Waals surface area contributed by atoms with Gasteiger partial charge in [-0.3, -0.25) is 9.59 Å². The van der Waals surface area contributed by atoms with Crippen molar-refractivity contribution in [2.45, 2.75) is 0 Å². The Morgan fingerprint density at radius 1 is 0.821 bits per heavy atom. The van der Waals surface area contributed by atoms with Gasteiger partial charge >= 0.3 is 0 Å². The molecule has 5 heteroatoms. The Balaban J connectivity index is 1.46. The van der Waals surface area contributed by atoms with E-state index in [0.717, 1.165) is 16.9 Å². The highest BCUT2D eigenvalue weighted by Gasteiger charge is 2.09. The molecule has 0 fully saturated rings. The second-order valence-electron chi connectivity index (χ2n) is 6.14. The monoisotopic (exact) mass is 391 g/mol. The van der Waals surface area contributed by atoms with E-state index in [1.807, 2.05) is 54.6 Å². The molecule has 1 amide bonds. The van der Waals surface area contributed by atoms with Crippen LogP contribution in [0.2, 0.25) is 0 Å². The van der Waals surface area contributed by atoms with Crippen molar-refractivity contribution >= 4 is 29.1 Å². The van der Waals surface area contributed by atoms with E-state index in [1.165, 1.54) is 11.8 Å². The van der Waals surface area contributed by atoms with E-state index in [9.17, 15) is 9.59 Å². The number of hydrogen-bond donors (Lipinski definition) is 1. The van der Waals surface area contributed by atoms with Crippen molar-refractivity contribution in [1.29, 1.82) is 0 Å². The predicted octanol–water partition coefficient (Wildman–Crippen LogP) is 4.92. The summed E-state index contributed by atoms with van der Waals surface area (Å²) in [5, 5.41) is 2.81. The zero-order valence-electron chi connectivity index (χ0n) is 15.6. The molecule has 4 nitrogen and oxygen atoms in total. The summed E-state index contributed by atoms with van der Waals surface area (Å²) in [5.74, 6) is 1.10. The predicted molar refractivity (Wildman–Crippen MR) is 115 cm³/mol. The van der Waals surface area contributed by atoms with Gasteiger partial charge in [0.25, 0.3) is 0 Å². The molecule has 3 aromatic carbocycles. The number of ketones is 1. The molecule has 0 aliphatic rings. The number of carbonyl (C=O) groups is 2. The minimum Gasteiger partial charge on any atom is -0.497 e. The standard InChI is InChI=1S/C23H21NO3S/c1-27-21-13-11-20(12-14-21)24-23(26)16-28-15-22(25)19-9-7-18(8-10-19)17-5-3-2-4-6-17/h2-14H,15-16H2,1H3,(H,24,26). The summed E-state index contributed by atoms with van der Waals surface area (Å²) in [6.45, 7) is 0. The van der Waals surface area contributed by atoms with Gasteiger partial charge in [-0.25, -0.2) is 0 Å². The first kappa shape index (κ1) is 19.7. The first-order valence-electron chi connectivity index (χ1n) is 8.86. The minimum atomic E-state index is -0.137. The Morgan fingerprint density at radius 3 is 2.11 bits per heavy atom. The van der Waals surface area contributed by atoms with Gasteiger partial charge in [0.1, 0.15) is 5.75 Å². The molecule has 0 atom stereocenters. The van der Waals surface area contributed by atoms with Gasteiger partial charge in [0.05, 0.1) is 18.6 Å². The number of thioether (sulfide) groups is 1. The van der Waals surface area contributed by atoms with Crippen molar-refractivity contribution < 1.29 is 14.3 Å². The first-order valence-corrected chi connectivity index (χ1v) is 10.0. The summed E-state index contributed by atoms with van der Waals surface area (Å²) in [4.78, 5) is 24.3. The normalized spacial score (nSPS) is 10.3. The second-order valence-corrected chi connectivity index (χ2v) is 7.12. The molecule has 0 heterocycles. The number of ether oxygens (including phenoxy) is 1. The maximum Gasteiger partial charge on any atom is 0.234 e. The molecule has 0 radical (unpaired) electrons. The van der Waals surface area contributed by atoms with Crippen molar-refractivity contribution in [1.82, 2.24) is 0 Å². The molecular formula is C23H21NO3S. The molecule has 0 saturated heterocycles. The molecule has 3 aromatic rings. The lowest BCUT2D eigenvalue weighted by atomic mass is 10.0. The fraction of sp³-hybridized carbons (Fsp3) is 0.130. The van der Waals surface area contributed by atoms with E-state index in [4.69, 9.17) is 4.74 Å². The number of rotatable bonds is 8. The average molecular weight is 391 g/mol. The summed E-state index contributed by atoms with van der Waals surface area (Å²) < 4.78 is 5.09. The molecule has 142 valence electrons. The maximum atomic E-state index is 12.3. The van der Waals surface area contributed by atoms with E-state index in [0.29, 0.717) is 11.3 Å². The van der Waals surface area contributed by atoms with Gasteiger partial charge in [-0.05, 0) is 35.4 Å². The summed E-state index contributed by atoms with van der Waals surface area (Å²) in [7, 11) is 1.59. The fourth-order valence-corrected chi connectivity index (χ4v) is 3.38. The topological polar surface area (TPSA) is 55.4 Å². The summed E-state index contributed by atoms with van der Waals surface area (Å²) >= 11 is 1.31. The number of Topliss-reactive ketones (excluding diaryl/α,β-unsaturated/α-hetero) is 1. The second kappa shape index (κ2) is 9.76. The van der Waals surface area contributed by atoms with Crippen molar-refractivity contribution in [2.75, 3.05) is 23.9 Å². The highest BCUT2D eigenvalue weighted by atomic mass is 32.2. The Labute approximate surface area is 168 Å². The van der Waals surface area contributed by atoms with Gasteiger partial charge in [-0.2, -0.15) is 0 Å². The largest absolute Gasteiger partial charge is 0.497 e. The van der Waals surface area contributed by atoms with E-state index < -0.39 is 0 Å². The van der Waals surface area contributed by atoms with E-state index in [-0.39, 0.29) is 23.2 Å². The van der Waals surface area contributed by atoms with Gasteiger partial charge in [0.2, 0.25) is 5.91 Å².